The van der Waals surface area contributed by atoms with Crippen LogP contribution >= 0.6 is 0 Å². The smallest absolute Gasteiger partial charge is 0.351 e. The summed E-state index contributed by atoms with van der Waals surface area (Å²) in [6.45, 7) is 18.6. The van der Waals surface area contributed by atoms with Crippen LogP contribution in [0.3, 0.4) is 0 Å². The fraction of sp³-hybridized carbons (Fsp3) is 0.531. The molecule has 0 radical (unpaired) electrons. The van der Waals surface area contributed by atoms with Crippen LogP contribution in [0.25, 0.3) is 0 Å². The molecule has 0 amide bonds. The van der Waals surface area contributed by atoms with Crippen LogP contribution in [-0.4, -0.2) is 18.1 Å². The highest BCUT2D eigenvalue weighted by Crippen LogP contribution is 2.40. The van der Waals surface area contributed by atoms with Gasteiger partial charge in [-0.05, 0) is 63.5 Å². The fourth-order valence-electron chi connectivity index (χ4n) is 4.50. The van der Waals surface area contributed by atoms with Crippen molar-refractivity contribution in [1.82, 2.24) is 0 Å². The largest absolute Gasteiger partial charge is 0.433 e. The minimum atomic E-state index is -5.13. The van der Waals surface area contributed by atoms with Crippen LogP contribution in [0.5, 0.6) is 0 Å². The van der Waals surface area contributed by atoms with Crippen molar-refractivity contribution >= 4 is 17.1 Å². The second-order valence-electron chi connectivity index (χ2n) is 11.8. The molecular weight excluding hydrogens is 526 g/mol. The molecule has 0 atom stereocenters. The third-order valence-electron chi connectivity index (χ3n) is 6.84. The Balaban J connectivity index is 2.93. The number of hydrogen-bond acceptors (Lipinski definition) is 2. The van der Waals surface area contributed by atoms with E-state index in [4.69, 9.17) is 0 Å². The normalized spacial score (nSPS) is 13.9. The minimum Gasteiger partial charge on any atom is -0.351 e. The lowest BCUT2D eigenvalue weighted by Gasteiger charge is -2.24. The first-order chi connectivity index (χ1) is 18.2. The van der Waals surface area contributed by atoms with Crippen molar-refractivity contribution in [2.75, 3.05) is 5.32 Å². The molecule has 0 bridgehead atoms. The number of hydrogen-bond donors (Lipinski definition) is 1. The van der Waals surface area contributed by atoms with Crippen LogP contribution in [0.1, 0.15) is 127 Å². The van der Waals surface area contributed by atoms with E-state index in [9.17, 15) is 26.3 Å². The van der Waals surface area contributed by atoms with Gasteiger partial charge in [0.2, 0.25) is 0 Å². The predicted molar refractivity (Wildman–Crippen MR) is 154 cm³/mol. The van der Waals surface area contributed by atoms with Crippen LogP contribution in [0.15, 0.2) is 47.1 Å². The minimum absolute atomic E-state index is 0.0740. The molecule has 0 fully saturated rings. The molecule has 2 aromatic rings. The third-order valence-corrected chi connectivity index (χ3v) is 6.84. The summed E-state index contributed by atoms with van der Waals surface area (Å²) < 4.78 is 86.3. The van der Waals surface area contributed by atoms with E-state index in [0.717, 1.165) is 5.56 Å². The molecule has 2 aromatic carbocycles. The Morgan fingerprint density at radius 3 is 1.40 bits per heavy atom. The molecular formula is C32H42F6N2. The van der Waals surface area contributed by atoms with E-state index in [1.54, 1.807) is 18.2 Å². The number of aliphatic imine (C=N–C) groups is 1. The molecule has 0 unspecified atom stereocenters. The fourth-order valence-corrected chi connectivity index (χ4v) is 4.50. The second-order valence-corrected chi connectivity index (χ2v) is 11.8. The lowest BCUT2D eigenvalue weighted by Crippen LogP contribution is -2.27. The second kappa shape index (κ2) is 12.8. The average Bonchev–Trinajstić information content (AvgIpc) is 2.80. The van der Waals surface area contributed by atoms with Crippen LogP contribution in [0, 0.1) is 0 Å². The van der Waals surface area contributed by atoms with E-state index in [1.165, 1.54) is 0 Å². The van der Waals surface area contributed by atoms with E-state index in [2.05, 4.69) is 10.3 Å². The predicted octanol–water partition coefficient (Wildman–Crippen LogP) is 11.5. The summed E-state index contributed by atoms with van der Waals surface area (Å²) in [5.74, 6) is -0.589. The zero-order valence-electron chi connectivity index (χ0n) is 25.1. The van der Waals surface area contributed by atoms with Crippen molar-refractivity contribution in [2.45, 2.75) is 111 Å². The van der Waals surface area contributed by atoms with Crippen LogP contribution in [0.2, 0.25) is 0 Å². The highest BCUT2D eigenvalue weighted by molar-refractivity contribution is 6.02. The molecule has 0 aliphatic heterocycles. The molecule has 222 valence electrons. The van der Waals surface area contributed by atoms with Gasteiger partial charge in [0.25, 0.3) is 0 Å². The van der Waals surface area contributed by atoms with Crippen molar-refractivity contribution in [2.24, 2.45) is 4.99 Å². The first kappa shape index (κ1) is 33.4. The maximum Gasteiger partial charge on any atom is 0.433 e. The van der Waals surface area contributed by atoms with Crippen molar-refractivity contribution in [3.63, 3.8) is 0 Å². The zero-order valence-corrected chi connectivity index (χ0v) is 25.1. The average molecular weight is 569 g/mol. The lowest BCUT2D eigenvalue weighted by molar-refractivity contribution is -0.0905. The molecule has 0 saturated carbocycles. The molecule has 0 aromatic heterocycles. The summed E-state index contributed by atoms with van der Waals surface area (Å²) in [5, 5.41) is 2.36. The number of alkyl halides is 6. The molecule has 0 spiro atoms. The van der Waals surface area contributed by atoms with Gasteiger partial charge in [-0.15, -0.1) is 0 Å². The quantitative estimate of drug-likeness (QED) is 0.236. The molecule has 2 nitrogen and oxygen atoms in total. The van der Waals surface area contributed by atoms with Crippen molar-refractivity contribution < 1.29 is 26.3 Å². The maximum atomic E-state index is 14.4. The molecule has 0 aliphatic carbocycles. The Morgan fingerprint density at radius 1 is 0.650 bits per heavy atom. The Hall–Kier alpha value is -2.77. The number of para-hydroxylation sites is 1. The first-order valence-corrected chi connectivity index (χ1v) is 13.8. The number of nitrogens with one attached hydrogen (secondary N) is 1. The summed E-state index contributed by atoms with van der Waals surface area (Å²) in [5.41, 5.74) is 0.364. The topological polar surface area (TPSA) is 24.4 Å². The number of anilines is 1. The monoisotopic (exact) mass is 568 g/mol. The van der Waals surface area contributed by atoms with Gasteiger partial charge in [0, 0.05) is 5.69 Å². The van der Waals surface area contributed by atoms with E-state index >= 15 is 0 Å². The Kier molecular flexibility index (Phi) is 10.7. The van der Waals surface area contributed by atoms with Gasteiger partial charge in [0.1, 0.15) is 11.4 Å². The van der Waals surface area contributed by atoms with Crippen molar-refractivity contribution in [1.29, 1.82) is 0 Å². The summed E-state index contributed by atoms with van der Waals surface area (Å²) >= 11 is 0. The van der Waals surface area contributed by atoms with Gasteiger partial charge in [-0.25, -0.2) is 4.99 Å². The Bertz CT molecular complexity index is 1170. The van der Waals surface area contributed by atoms with Crippen LogP contribution in [-0.2, 0) is 0 Å². The van der Waals surface area contributed by atoms with Gasteiger partial charge in [-0.3, -0.25) is 0 Å². The highest BCUT2D eigenvalue weighted by atomic mass is 19.4. The molecule has 0 saturated heterocycles. The zero-order chi connectivity index (χ0) is 30.7. The van der Waals surface area contributed by atoms with Gasteiger partial charge in [0.05, 0.1) is 5.69 Å². The molecule has 8 heteroatoms. The SMILES string of the molecule is CC(C)c1cc(C(C)C)c(N=C(C=C(Nc2c(C(C)C)cccc2C(C)C)C(F)(F)F)C(F)(F)F)c(C(C)C)c1. The van der Waals surface area contributed by atoms with Crippen LogP contribution in [0.4, 0.5) is 37.7 Å². The molecule has 2 rings (SSSR count). The third kappa shape index (κ3) is 8.14. The molecule has 0 heterocycles. The number of rotatable bonds is 9. The van der Waals surface area contributed by atoms with Crippen molar-refractivity contribution in [3.8, 4) is 0 Å². The maximum absolute atomic E-state index is 14.4. The van der Waals surface area contributed by atoms with Crippen LogP contribution < -0.4 is 5.32 Å². The summed E-state index contributed by atoms with van der Waals surface area (Å²) in [6.07, 6.45) is -10.1. The first-order valence-electron chi connectivity index (χ1n) is 13.8. The Labute approximate surface area is 235 Å². The number of benzene rings is 2. The van der Waals surface area contributed by atoms with Gasteiger partial charge < -0.3 is 5.32 Å². The van der Waals surface area contributed by atoms with Gasteiger partial charge in [-0.2, -0.15) is 26.3 Å². The summed E-state index contributed by atoms with van der Waals surface area (Å²) in [4.78, 5) is 3.96. The van der Waals surface area contributed by atoms with E-state index < -0.39 is 23.8 Å². The summed E-state index contributed by atoms with van der Waals surface area (Å²) in [7, 11) is 0. The van der Waals surface area contributed by atoms with E-state index in [0.29, 0.717) is 22.3 Å². The summed E-state index contributed by atoms with van der Waals surface area (Å²) in [6, 6.07) is 8.75. The lowest BCUT2D eigenvalue weighted by atomic mass is 9.87. The molecule has 40 heavy (non-hydrogen) atoms. The van der Waals surface area contributed by atoms with Gasteiger partial charge in [-0.1, -0.05) is 99.6 Å². The number of halogens is 6. The number of nitrogens with zero attached hydrogens (tertiary/aromatic N) is 1. The molecule has 1 N–H and O–H groups in total. The van der Waals surface area contributed by atoms with E-state index in [-0.39, 0.29) is 47.0 Å². The number of allylic oxidation sites excluding steroid dienone is 2. The van der Waals surface area contributed by atoms with Crippen molar-refractivity contribution in [3.05, 3.63) is 69.9 Å². The highest BCUT2D eigenvalue weighted by Gasteiger charge is 2.41. The standard InChI is InChI=1S/C32H42F6N2/c1-17(2)22-14-25(20(7)8)30(26(15-22)21(9)10)40-28(32(36,37)38)16-27(31(33,34)35)39-29-23(18(3)4)12-11-13-24(29)19(5)6/h11-21,39H,1-10H3. The Morgan fingerprint density at radius 2 is 1.07 bits per heavy atom. The van der Waals surface area contributed by atoms with Gasteiger partial charge >= 0.3 is 12.4 Å². The van der Waals surface area contributed by atoms with Gasteiger partial charge in [0.15, 0.2) is 0 Å². The molecule has 0 aliphatic rings. The van der Waals surface area contributed by atoms with E-state index in [1.807, 2.05) is 81.4 Å².